The standard InChI is InChI=1S/C22H17ClF3N3O2/c1-13(2)31-18-8-7-15(21-27-12-19(29-21)22(24,25)26)11-17(18)28-20(30)9-6-14-4-3-5-16(23)10-14/h3-5,7-8,10-13H,1-2H3,(H,27,29)(H,28,30). The second-order valence-electron chi connectivity index (χ2n) is 6.74. The Kier molecular flexibility index (Phi) is 6.56. The van der Waals surface area contributed by atoms with Crippen LogP contribution in [0.5, 0.6) is 5.75 Å². The molecule has 0 aliphatic heterocycles. The summed E-state index contributed by atoms with van der Waals surface area (Å²) in [7, 11) is 0. The van der Waals surface area contributed by atoms with Gasteiger partial charge in [0.25, 0.3) is 0 Å². The number of amides is 1. The number of benzene rings is 2. The SMILES string of the molecule is CC(C)Oc1ccc(-c2ncc(C(F)(F)F)[nH]2)cc1NC(=O)C#Cc1cccc(Cl)c1. The molecule has 31 heavy (non-hydrogen) atoms. The Morgan fingerprint density at radius 3 is 2.65 bits per heavy atom. The number of aromatic amines is 1. The molecule has 0 saturated heterocycles. The summed E-state index contributed by atoms with van der Waals surface area (Å²) >= 11 is 5.90. The zero-order chi connectivity index (χ0) is 22.6. The first-order chi connectivity index (χ1) is 14.6. The summed E-state index contributed by atoms with van der Waals surface area (Å²) in [6.07, 6.45) is -4.03. The first-order valence-corrected chi connectivity index (χ1v) is 9.51. The van der Waals surface area contributed by atoms with Crippen molar-refractivity contribution in [3.05, 3.63) is 64.9 Å². The number of nitrogens with zero attached hydrogens (tertiary/aromatic N) is 1. The lowest BCUT2D eigenvalue weighted by Gasteiger charge is -2.15. The first-order valence-electron chi connectivity index (χ1n) is 9.13. The van der Waals surface area contributed by atoms with E-state index in [4.69, 9.17) is 16.3 Å². The summed E-state index contributed by atoms with van der Waals surface area (Å²) in [5.74, 6) is 4.88. The topological polar surface area (TPSA) is 67.0 Å². The van der Waals surface area contributed by atoms with Gasteiger partial charge >= 0.3 is 12.1 Å². The van der Waals surface area contributed by atoms with Crippen molar-refractivity contribution in [2.75, 3.05) is 5.32 Å². The Morgan fingerprint density at radius 1 is 1.23 bits per heavy atom. The van der Waals surface area contributed by atoms with E-state index in [1.54, 1.807) is 50.2 Å². The zero-order valence-electron chi connectivity index (χ0n) is 16.5. The lowest BCUT2D eigenvalue weighted by atomic mass is 10.1. The lowest BCUT2D eigenvalue weighted by molar-refractivity contribution is -0.140. The number of alkyl halides is 3. The van der Waals surface area contributed by atoms with Crippen LogP contribution in [0, 0.1) is 11.8 Å². The van der Waals surface area contributed by atoms with Crippen molar-refractivity contribution in [2.24, 2.45) is 0 Å². The van der Waals surface area contributed by atoms with Gasteiger partial charge in [-0.15, -0.1) is 0 Å². The van der Waals surface area contributed by atoms with Crippen LogP contribution in [0.15, 0.2) is 48.7 Å². The monoisotopic (exact) mass is 447 g/mol. The molecule has 2 aromatic carbocycles. The number of aromatic nitrogens is 2. The summed E-state index contributed by atoms with van der Waals surface area (Å²) in [6.45, 7) is 3.61. The van der Waals surface area contributed by atoms with Gasteiger partial charge in [0.05, 0.1) is 18.0 Å². The molecule has 0 atom stereocenters. The average Bonchev–Trinajstić information content (AvgIpc) is 3.18. The maximum atomic E-state index is 12.9. The number of halogens is 4. The molecule has 0 saturated carbocycles. The number of H-pyrrole nitrogens is 1. The van der Waals surface area contributed by atoms with Gasteiger partial charge in [0.1, 0.15) is 17.3 Å². The van der Waals surface area contributed by atoms with E-state index >= 15 is 0 Å². The third-order valence-corrected chi connectivity index (χ3v) is 4.13. The molecule has 0 aliphatic rings. The molecule has 1 aromatic heterocycles. The van der Waals surface area contributed by atoms with Crippen molar-refractivity contribution in [1.29, 1.82) is 0 Å². The van der Waals surface area contributed by atoms with E-state index in [-0.39, 0.29) is 17.6 Å². The Balaban J connectivity index is 1.89. The number of carbonyl (C=O) groups excluding carboxylic acids is 1. The Labute approximate surface area is 181 Å². The van der Waals surface area contributed by atoms with Crippen LogP contribution in [0.25, 0.3) is 11.4 Å². The molecule has 160 valence electrons. The highest BCUT2D eigenvalue weighted by Crippen LogP contribution is 2.33. The number of rotatable bonds is 4. The fourth-order valence-electron chi connectivity index (χ4n) is 2.59. The van der Waals surface area contributed by atoms with Crippen LogP contribution < -0.4 is 10.1 Å². The lowest BCUT2D eigenvalue weighted by Crippen LogP contribution is -2.13. The highest BCUT2D eigenvalue weighted by Gasteiger charge is 2.33. The minimum absolute atomic E-state index is 0.00364. The molecule has 0 aliphatic carbocycles. The van der Waals surface area contributed by atoms with Gasteiger partial charge in [0.2, 0.25) is 0 Å². The van der Waals surface area contributed by atoms with E-state index in [0.29, 0.717) is 28.1 Å². The second-order valence-corrected chi connectivity index (χ2v) is 7.17. The van der Waals surface area contributed by atoms with Crippen LogP contribution in [-0.2, 0) is 11.0 Å². The van der Waals surface area contributed by atoms with Crippen LogP contribution >= 0.6 is 11.6 Å². The van der Waals surface area contributed by atoms with Gasteiger partial charge in [-0.1, -0.05) is 23.6 Å². The summed E-state index contributed by atoms with van der Waals surface area (Å²) in [5.41, 5.74) is 0.180. The summed E-state index contributed by atoms with van der Waals surface area (Å²) in [6, 6.07) is 11.3. The third kappa shape index (κ3) is 6.03. The van der Waals surface area contributed by atoms with Gasteiger partial charge in [-0.25, -0.2) is 4.98 Å². The molecule has 3 rings (SSSR count). The van der Waals surface area contributed by atoms with Crippen LogP contribution in [-0.4, -0.2) is 22.0 Å². The summed E-state index contributed by atoms with van der Waals surface area (Å²) in [5, 5.41) is 3.10. The van der Waals surface area contributed by atoms with E-state index in [1.165, 1.54) is 6.07 Å². The van der Waals surface area contributed by atoms with Crippen molar-refractivity contribution in [3.63, 3.8) is 0 Å². The maximum absolute atomic E-state index is 12.9. The zero-order valence-corrected chi connectivity index (χ0v) is 17.2. The van der Waals surface area contributed by atoms with Gasteiger partial charge in [-0.05, 0) is 50.2 Å². The predicted octanol–water partition coefficient (Wildman–Crippen LogP) is 5.53. The molecule has 0 bridgehead atoms. The van der Waals surface area contributed by atoms with E-state index in [0.717, 1.165) is 0 Å². The molecule has 2 N–H and O–H groups in total. The van der Waals surface area contributed by atoms with E-state index in [9.17, 15) is 18.0 Å². The third-order valence-electron chi connectivity index (χ3n) is 3.89. The van der Waals surface area contributed by atoms with Crippen molar-refractivity contribution in [1.82, 2.24) is 9.97 Å². The Bertz CT molecular complexity index is 1160. The number of anilines is 1. The molecule has 1 amide bonds. The number of imidazole rings is 1. The van der Waals surface area contributed by atoms with Crippen molar-refractivity contribution < 1.29 is 22.7 Å². The molecular weight excluding hydrogens is 431 g/mol. The van der Waals surface area contributed by atoms with Crippen LogP contribution in [0.3, 0.4) is 0 Å². The fourth-order valence-corrected chi connectivity index (χ4v) is 2.78. The molecule has 3 aromatic rings. The predicted molar refractivity (Wildman–Crippen MR) is 112 cm³/mol. The van der Waals surface area contributed by atoms with E-state index in [2.05, 4.69) is 27.1 Å². The van der Waals surface area contributed by atoms with Crippen molar-refractivity contribution in [3.8, 4) is 29.0 Å². The normalized spacial score (nSPS) is 11.1. The molecule has 0 fully saturated rings. The summed E-state index contributed by atoms with van der Waals surface area (Å²) < 4.78 is 44.2. The minimum Gasteiger partial charge on any atom is -0.489 e. The van der Waals surface area contributed by atoms with E-state index in [1.807, 2.05) is 0 Å². The molecule has 9 heteroatoms. The van der Waals surface area contributed by atoms with Crippen LogP contribution in [0.2, 0.25) is 5.02 Å². The number of carbonyl (C=O) groups is 1. The molecule has 0 spiro atoms. The minimum atomic E-state index is -4.54. The Hall–Kier alpha value is -3.44. The molecule has 1 heterocycles. The summed E-state index contributed by atoms with van der Waals surface area (Å²) in [4.78, 5) is 18.4. The number of hydrogen-bond donors (Lipinski definition) is 2. The van der Waals surface area contributed by atoms with E-state index < -0.39 is 17.8 Å². The van der Waals surface area contributed by atoms with Crippen molar-refractivity contribution in [2.45, 2.75) is 26.1 Å². The van der Waals surface area contributed by atoms with Gasteiger partial charge in [-0.2, -0.15) is 13.2 Å². The number of hydrogen-bond acceptors (Lipinski definition) is 3. The van der Waals surface area contributed by atoms with Gasteiger partial charge in [0.15, 0.2) is 0 Å². The molecule has 0 unspecified atom stereocenters. The Morgan fingerprint density at radius 2 is 2.00 bits per heavy atom. The number of nitrogens with one attached hydrogen (secondary N) is 2. The molecule has 5 nitrogen and oxygen atoms in total. The van der Waals surface area contributed by atoms with Crippen LogP contribution in [0.1, 0.15) is 25.1 Å². The highest BCUT2D eigenvalue weighted by atomic mass is 35.5. The quantitative estimate of drug-likeness (QED) is 0.517. The van der Waals surface area contributed by atoms with Gasteiger partial charge < -0.3 is 15.0 Å². The maximum Gasteiger partial charge on any atom is 0.432 e. The fraction of sp³-hybridized carbons (Fsp3) is 0.182. The first kappa shape index (κ1) is 22.2. The van der Waals surface area contributed by atoms with Gasteiger partial charge in [-0.3, -0.25) is 4.79 Å². The molecular formula is C22H17ClF3N3O2. The highest BCUT2D eigenvalue weighted by molar-refractivity contribution is 6.30. The number of ether oxygens (including phenoxy) is 1. The van der Waals surface area contributed by atoms with Gasteiger partial charge in [0, 0.05) is 22.1 Å². The average molecular weight is 448 g/mol. The van der Waals surface area contributed by atoms with Crippen molar-refractivity contribution >= 4 is 23.2 Å². The molecule has 0 radical (unpaired) electrons. The second kappa shape index (κ2) is 9.14. The smallest absolute Gasteiger partial charge is 0.432 e. The largest absolute Gasteiger partial charge is 0.489 e. The van der Waals surface area contributed by atoms with Crippen LogP contribution in [0.4, 0.5) is 18.9 Å².